The average molecular weight is 645 g/mol. The number of carbonyl (C=O) groups excluding carboxylic acids is 2. The number of alkyl halides is 3. The van der Waals surface area contributed by atoms with Crippen molar-refractivity contribution in [1.82, 2.24) is 0 Å². The molecule has 2 unspecified atom stereocenters. The van der Waals surface area contributed by atoms with Crippen molar-refractivity contribution in [2.45, 2.75) is 77.2 Å². The van der Waals surface area contributed by atoms with E-state index in [1.165, 1.54) is 24.3 Å². The van der Waals surface area contributed by atoms with Crippen molar-refractivity contribution in [2.24, 2.45) is 0 Å². The third-order valence-corrected chi connectivity index (χ3v) is 7.40. The van der Waals surface area contributed by atoms with Gasteiger partial charge in [-0.1, -0.05) is 55.8 Å². The number of methoxy groups -OCH3 is 1. The van der Waals surface area contributed by atoms with Gasteiger partial charge in [-0.25, -0.2) is 9.59 Å². The largest absolute Gasteiger partial charge is 0.493 e. The Hall–Kier alpha value is -3.89. The number of benzene rings is 3. The van der Waals surface area contributed by atoms with E-state index in [-0.39, 0.29) is 35.8 Å². The van der Waals surface area contributed by atoms with Gasteiger partial charge < -0.3 is 23.7 Å². The summed E-state index contributed by atoms with van der Waals surface area (Å²) in [4.78, 5) is 26.2. The molecule has 0 spiro atoms. The van der Waals surface area contributed by atoms with Crippen molar-refractivity contribution in [2.75, 3.05) is 26.9 Å². The van der Waals surface area contributed by atoms with E-state index in [0.29, 0.717) is 38.4 Å². The summed E-state index contributed by atoms with van der Waals surface area (Å²) in [7, 11) is 1.68. The van der Waals surface area contributed by atoms with Crippen LogP contribution < -0.4 is 9.47 Å². The second-order valence-corrected chi connectivity index (χ2v) is 10.7. The summed E-state index contributed by atoms with van der Waals surface area (Å²) in [5.41, 5.74) is 1.52. The Morgan fingerprint density at radius 3 is 2.22 bits per heavy atom. The quantitative estimate of drug-likeness (QED) is 0.0733. The lowest BCUT2D eigenvalue weighted by molar-refractivity contribution is -0.206. The number of para-hydroxylation sites is 1. The zero-order valence-electron chi connectivity index (χ0n) is 26.6. The van der Waals surface area contributed by atoms with Gasteiger partial charge in [-0.2, -0.15) is 13.2 Å². The molecule has 3 aromatic rings. The summed E-state index contributed by atoms with van der Waals surface area (Å²) >= 11 is 0. The van der Waals surface area contributed by atoms with Crippen molar-refractivity contribution in [3.8, 4) is 22.6 Å². The highest BCUT2D eigenvalue weighted by molar-refractivity contribution is 5.97. The molecule has 0 aromatic heterocycles. The molecule has 0 amide bonds. The Labute approximate surface area is 269 Å². The lowest BCUT2D eigenvalue weighted by atomic mass is 10.0. The van der Waals surface area contributed by atoms with Gasteiger partial charge in [0.25, 0.3) is 0 Å². The van der Waals surface area contributed by atoms with Crippen molar-refractivity contribution >= 4 is 11.9 Å². The van der Waals surface area contributed by atoms with E-state index in [1.54, 1.807) is 25.3 Å². The number of hydrogen-bond donors (Lipinski definition) is 0. The maximum Gasteiger partial charge on any atom is 0.425 e. The average Bonchev–Trinajstić information content (AvgIpc) is 3.05. The van der Waals surface area contributed by atoms with Crippen molar-refractivity contribution in [1.29, 1.82) is 0 Å². The van der Waals surface area contributed by atoms with Gasteiger partial charge in [-0.15, -0.1) is 0 Å². The Morgan fingerprint density at radius 2 is 1.52 bits per heavy atom. The van der Waals surface area contributed by atoms with E-state index in [2.05, 4.69) is 6.92 Å². The molecule has 0 saturated carbocycles. The molecule has 3 aromatic carbocycles. The molecule has 250 valence electrons. The predicted octanol–water partition coefficient (Wildman–Crippen LogP) is 8.84. The van der Waals surface area contributed by atoms with Crippen molar-refractivity contribution in [3.05, 3.63) is 83.9 Å². The normalized spacial score (nSPS) is 12.7. The molecule has 0 saturated heterocycles. The standard InChI is InChI=1S/C36H43F3O7/c1-4-28(42-3)17-14-24-44-32-25-27(21-22-29(32)26-15-8-6-9-16-26)34(40)45-31-19-12-11-18-30(31)35(41)46-33(36(37,38)39)20-10-7-13-23-43-5-2/h6,8-9,11-12,15-16,18-19,21-22,25,28,33H,4-5,7,10,13-14,17,20,23-24H2,1-3H3. The molecule has 0 aliphatic carbocycles. The first kappa shape index (κ1) is 36.6. The van der Waals surface area contributed by atoms with Crippen LogP contribution >= 0.6 is 0 Å². The molecular weight excluding hydrogens is 601 g/mol. The molecule has 0 fully saturated rings. The molecule has 0 radical (unpaired) electrons. The molecule has 0 aliphatic rings. The van der Waals surface area contributed by atoms with Gasteiger partial charge in [0, 0.05) is 25.9 Å². The molecule has 0 aliphatic heterocycles. The minimum absolute atomic E-state index is 0.127. The maximum absolute atomic E-state index is 13.7. The Bertz CT molecular complexity index is 1360. The van der Waals surface area contributed by atoms with E-state index in [0.717, 1.165) is 30.4 Å². The highest BCUT2D eigenvalue weighted by atomic mass is 19.4. The molecule has 3 rings (SSSR count). The number of rotatable bonds is 19. The second-order valence-electron chi connectivity index (χ2n) is 10.7. The first-order valence-corrected chi connectivity index (χ1v) is 15.7. The second kappa shape index (κ2) is 18.9. The van der Waals surface area contributed by atoms with Gasteiger partial charge in [0.15, 0.2) is 6.10 Å². The van der Waals surface area contributed by atoms with E-state index in [1.807, 2.05) is 37.3 Å². The minimum Gasteiger partial charge on any atom is -0.493 e. The molecule has 0 bridgehead atoms. The Balaban J connectivity index is 1.75. The monoisotopic (exact) mass is 644 g/mol. The summed E-state index contributed by atoms with van der Waals surface area (Å²) in [6.07, 6.45) is -3.56. The smallest absolute Gasteiger partial charge is 0.425 e. The van der Waals surface area contributed by atoms with E-state index in [4.69, 9.17) is 23.7 Å². The van der Waals surface area contributed by atoms with Crippen LogP contribution in [0, 0.1) is 0 Å². The highest BCUT2D eigenvalue weighted by Gasteiger charge is 2.42. The van der Waals surface area contributed by atoms with Crippen LogP contribution in [0.5, 0.6) is 11.5 Å². The third-order valence-electron chi connectivity index (χ3n) is 7.40. The highest BCUT2D eigenvalue weighted by Crippen LogP contribution is 2.33. The first-order valence-electron chi connectivity index (χ1n) is 15.7. The summed E-state index contributed by atoms with van der Waals surface area (Å²) in [5.74, 6) is -1.79. The fraction of sp³-hybridized carbons (Fsp3) is 0.444. The summed E-state index contributed by atoms with van der Waals surface area (Å²) < 4.78 is 68.4. The minimum atomic E-state index is -4.75. The van der Waals surface area contributed by atoms with Crippen molar-refractivity contribution < 1.29 is 46.4 Å². The number of ether oxygens (including phenoxy) is 5. The lowest BCUT2D eigenvalue weighted by Crippen LogP contribution is -2.34. The molecule has 10 heteroatoms. The zero-order chi connectivity index (χ0) is 33.4. The number of carbonyl (C=O) groups is 2. The number of hydrogen-bond acceptors (Lipinski definition) is 7. The van der Waals surface area contributed by atoms with Gasteiger partial charge in [0.2, 0.25) is 0 Å². The Morgan fingerprint density at radius 1 is 0.783 bits per heavy atom. The van der Waals surface area contributed by atoms with Crippen LogP contribution in [0.3, 0.4) is 0 Å². The van der Waals surface area contributed by atoms with Gasteiger partial charge in [-0.05, 0) is 81.3 Å². The fourth-order valence-corrected chi connectivity index (χ4v) is 4.83. The molecule has 2 atom stereocenters. The topological polar surface area (TPSA) is 80.3 Å². The van der Waals surface area contributed by atoms with Crippen LogP contribution in [0.15, 0.2) is 72.8 Å². The van der Waals surface area contributed by atoms with E-state index < -0.39 is 24.2 Å². The van der Waals surface area contributed by atoms with Gasteiger partial charge in [0.1, 0.15) is 17.1 Å². The van der Waals surface area contributed by atoms with Crippen LogP contribution in [-0.2, 0) is 14.2 Å². The lowest BCUT2D eigenvalue weighted by Gasteiger charge is -2.21. The Kier molecular flexibility index (Phi) is 15.1. The van der Waals surface area contributed by atoms with E-state index >= 15 is 0 Å². The van der Waals surface area contributed by atoms with E-state index in [9.17, 15) is 22.8 Å². The SMILES string of the molecule is CCOCCCCCC(OC(=O)c1ccccc1OC(=O)c1ccc(-c2ccccc2)c(OCCCC(CC)OC)c1)C(F)(F)F. The van der Waals surface area contributed by atoms with Crippen LogP contribution in [0.25, 0.3) is 11.1 Å². The molecule has 0 heterocycles. The molecule has 46 heavy (non-hydrogen) atoms. The first-order chi connectivity index (χ1) is 22.2. The van der Waals surface area contributed by atoms with Gasteiger partial charge >= 0.3 is 18.1 Å². The third kappa shape index (κ3) is 11.5. The summed E-state index contributed by atoms with van der Waals surface area (Å²) in [5, 5.41) is 0. The van der Waals surface area contributed by atoms with Crippen LogP contribution in [0.1, 0.15) is 79.5 Å². The fourth-order valence-electron chi connectivity index (χ4n) is 4.83. The number of halogens is 3. The molecular formula is C36H43F3O7. The summed E-state index contributed by atoms with van der Waals surface area (Å²) in [6.45, 7) is 5.28. The van der Waals surface area contributed by atoms with Crippen LogP contribution in [0.2, 0.25) is 0 Å². The molecule has 7 nitrogen and oxygen atoms in total. The van der Waals surface area contributed by atoms with Crippen molar-refractivity contribution in [3.63, 3.8) is 0 Å². The molecule has 0 N–H and O–H groups in total. The summed E-state index contributed by atoms with van der Waals surface area (Å²) in [6, 6.07) is 20.0. The van der Waals surface area contributed by atoms with Gasteiger partial charge in [0.05, 0.1) is 18.3 Å². The van der Waals surface area contributed by atoms with Gasteiger partial charge in [-0.3, -0.25) is 0 Å². The predicted molar refractivity (Wildman–Crippen MR) is 169 cm³/mol. The number of esters is 2. The number of unbranched alkanes of at least 4 members (excludes halogenated alkanes) is 2. The van der Waals surface area contributed by atoms with Crippen LogP contribution in [0.4, 0.5) is 13.2 Å². The van der Waals surface area contributed by atoms with Crippen LogP contribution in [-0.4, -0.2) is 57.3 Å². The maximum atomic E-state index is 13.7. The zero-order valence-corrected chi connectivity index (χ0v) is 26.6.